The van der Waals surface area contributed by atoms with Crippen molar-refractivity contribution in [2.24, 2.45) is 0 Å². The Morgan fingerprint density at radius 1 is 1.13 bits per heavy atom. The molecule has 1 amide bonds. The molecule has 3 heterocycles. The number of morpholine rings is 1. The molecule has 1 unspecified atom stereocenters. The van der Waals surface area contributed by atoms with E-state index in [0.717, 1.165) is 13.1 Å². The second kappa shape index (κ2) is 11.9. The summed E-state index contributed by atoms with van der Waals surface area (Å²) in [5.41, 5.74) is 1.73. The van der Waals surface area contributed by atoms with E-state index in [4.69, 9.17) is 18.9 Å². The zero-order valence-electron chi connectivity index (χ0n) is 23.0. The summed E-state index contributed by atoms with van der Waals surface area (Å²) in [7, 11) is 3.02. The molecule has 1 atom stereocenters. The van der Waals surface area contributed by atoms with E-state index >= 15 is 0 Å². The van der Waals surface area contributed by atoms with Crippen molar-refractivity contribution in [2.75, 3.05) is 60.2 Å². The summed E-state index contributed by atoms with van der Waals surface area (Å²) in [5.74, 6) is -1.56. The minimum Gasteiger partial charge on any atom is -0.507 e. The van der Waals surface area contributed by atoms with Gasteiger partial charge in [-0.3, -0.25) is 14.5 Å². The fraction of sp³-hybridized carbons (Fsp3) is 0.464. The third-order valence-corrected chi connectivity index (χ3v) is 7.19. The van der Waals surface area contributed by atoms with Crippen LogP contribution in [0.15, 0.2) is 23.8 Å². The Labute approximate surface area is 227 Å². The van der Waals surface area contributed by atoms with Crippen molar-refractivity contribution in [3.63, 3.8) is 0 Å². The first-order chi connectivity index (χ1) is 18.7. The number of aliphatic hydroxyl groups excluding tert-OH is 1. The first-order valence-electron chi connectivity index (χ1n) is 12.9. The topological polar surface area (TPSA) is 131 Å². The van der Waals surface area contributed by atoms with Gasteiger partial charge in [0.2, 0.25) is 0 Å². The highest BCUT2D eigenvalue weighted by atomic mass is 16.5. The number of likely N-dealkylation sites (tertiary alicyclic amines) is 1. The number of aryl methyl sites for hydroxylation is 1. The summed E-state index contributed by atoms with van der Waals surface area (Å²) in [6, 6.07) is 4.16. The maximum atomic E-state index is 13.6. The van der Waals surface area contributed by atoms with Crippen LogP contribution in [0, 0.1) is 13.8 Å². The number of rotatable bonds is 9. The molecule has 2 aliphatic heterocycles. The Hall–Kier alpha value is -3.83. The quantitative estimate of drug-likeness (QED) is 0.213. The largest absolute Gasteiger partial charge is 0.507 e. The molecule has 0 spiro atoms. The number of Topliss-reactive ketones (excluding diaryl/α,β-unsaturated/α-hetero) is 1. The van der Waals surface area contributed by atoms with Gasteiger partial charge in [-0.2, -0.15) is 0 Å². The van der Waals surface area contributed by atoms with Gasteiger partial charge in [0.15, 0.2) is 0 Å². The summed E-state index contributed by atoms with van der Waals surface area (Å²) in [4.78, 5) is 46.1. The van der Waals surface area contributed by atoms with Crippen LogP contribution in [0.1, 0.15) is 45.8 Å². The number of aromatic amines is 1. The van der Waals surface area contributed by atoms with Crippen LogP contribution < -0.4 is 9.47 Å². The summed E-state index contributed by atoms with van der Waals surface area (Å²) < 4.78 is 21.6. The molecule has 39 heavy (non-hydrogen) atoms. The lowest BCUT2D eigenvalue weighted by atomic mass is 9.93. The molecule has 4 rings (SSSR count). The molecule has 1 aromatic heterocycles. The van der Waals surface area contributed by atoms with E-state index < -0.39 is 23.7 Å². The Bertz CT molecular complexity index is 1290. The number of hydrogen-bond donors (Lipinski definition) is 2. The van der Waals surface area contributed by atoms with Crippen LogP contribution in [0.4, 0.5) is 0 Å². The number of esters is 1. The third kappa shape index (κ3) is 5.37. The third-order valence-electron chi connectivity index (χ3n) is 7.19. The van der Waals surface area contributed by atoms with Gasteiger partial charge in [-0.15, -0.1) is 0 Å². The lowest BCUT2D eigenvalue weighted by molar-refractivity contribution is -0.140. The van der Waals surface area contributed by atoms with Crippen LogP contribution in [0.2, 0.25) is 0 Å². The predicted molar refractivity (Wildman–Crippen MR) is 142 cm³/mol. The van der Waals surface area contributed by atoms with E-state index in [1.807, 2.05) is 0 Å². The fourth-order valence-corrected chi connectivity index (χ4v) is 5.21. The zero-order valence-corrected chi connectivity index (χ0v) is 23.0. The van der Waals surface area contributed by atoms with Crippen molar-refractivity contribution >= 4 is 23.4 Å². The van der Waals surface area contributed by atoms with Gasteiger partial charge in [0.1, 0.15) is 23.0 Å². The minimum atomic E-state index is -0.948. The molecule has 1 aromatic carbocycles. The van der Waals surface area contributed by atoms with Gasteiger partial charge in [0.25, 0.3) is 11.7 Å². The van der Waals surface area contributed by atoms with E-state index in [1.54, 1.807) is 39.0 Å². The Morgan fingerprint density at radius 3 is 2.49 bits per heavy atom. The Balaban J connectivity index is 1.87. The highest BCUT2D eigenvalue weighted by molar-refractivity contribution is 6.46. The molecule has 0 aliphatic carbocycles. The molecule has 11 heteroatoms. The molecule has 2 N–H and O–H groups in total. The molecule has 2 fully saturated rings. The van der Waals surface area contributed by atoms with E-state index in [0.29, 0.717) is 48.1 Å². The molecular weight excluding hydrogens is 506 g/mol. The normalized spacial score (nSPS) is 19.4. The van der Waals surface area contributed by atoms with Gasteiger partial charge in [0.05, 0.1) is 45.7 Å². The number of amides is 1. The van der Waals surface area contributed by atoms with E-state index in [2.05, 4.69) is 9.88 Å². The molecule has 210 valence electrons. The number of ether oxygens (including phenoxy) is 4. The number of nitrogens with zero attached hydrogens (tertiary/aromatic N) is 2. The summed E-state index contributed by atoms with van der Waals surface area (Å²) in [5, 5.41) is 11.7. The number of methoxy groups -OCH3 is 2. The van der Waals surface area contributed by atoms with Gasteiger partial charge in [-0.1, -0.05) is 0 Å². The molecule has 0 bridgehead atoms. The number of benzene rings is 1. The molecule has 2 aliphatic rings. The number of nitrogens with one attached hydrogen (secondary N) is 1. The smallest absolute Gasteiger partial charge is 0.355 e. The Morgan fingerprint density at radius 2 is 1.85 bits per heavy atom. The van der Waals surface area contributed by atoms with Gasteiger partial charge in [-0.05, 0) is 44.5 Å². The maximum Gasteiger partial charge on any atom is 0.355 e. The van der Waals surface area contributed by atoms with Gasteiger partial charge in [-0.25, -0.2) is 4.79 Å². The Kier molecular flexibility index (Phi) is 8.61. The first kappa shape index (κ1) is 28.2. The highest BCUT2D eigenvalue weighted by Gasteiger charge is 2.47. The van der Waals surface area contributed by atoms with Crippen molar-refractivity contribution in [1.82, 2.24) is 14.8 Å². The van der Waals surface area contributed by atoms with Crippen molar-refractivity contribution in [3.05, 3.63) is 51.9 Å². The van der Waals surface area contributed by atoms with Crippen LogP contribution in [0.3, 0.4) is 0 Å². The number of H-pyrrole nitrogens is 1. The predicted octanol–water partition coefficient (Wildman–Crippen LogP) is 2.58. The van der Waals surface area contributed by atoms with Crippen LogP contribution in [-0.2, 0) is 19.1 Å². The van der Waals surface area contributed by atoms with E-state index in [-0.39, 0.29) is 35.7 Å². The van der Waals surface area contributed by atoms with E-state index in [1.165, 1.54) is 19.1 Å². The van der Waals surface area contributed by atoms with Gasteiger partial charge < -0.3 is 33.9 Å². The average Bonchev–Trinajstić information content (AvgIpc) is 3.38. The lowest BCUT2D eigenvalue weighted by Crippen LogP contribution is -2.42. The zero-order chi connectivity index (χ0) is 28.3. The molecule has 0 saturated carbocycles. The van der Waals surface area contributed by atoms with Crippen LogP contribution in [0.25, 0.3) is 5.76 Å². The van der Waals surface area contributed by atoms with Crippen LogP contribution >= 0.6 is 0 Å². The van der Waals surface area contributed by atoms with E-state index in [9.17, 15) is 19.5 Å². The number of aromatic nitrogens is 1. The fourth-order valence-electron chi connectivity index (χ4n) is 5.21. The molecule has 11 nitrogen and oxygen atoms in total. The van der Waals surface area contributed by atoms with Gasteiger partial charge in [0, 0.05) is 43.0 Å². The van der Waals surface area contributed by atoms with Crippen LogP contribution in [0.5, 0.6) is 11.5 Å². The van der Waals surface area contributed by atoms with Crippen molar-refractivity contribution in [1.29, 1.82) is 0 Å². The van der Waals surface area contributed by atoms with Gasteiger partial charge >= 0.3 is 5.97 Å². The molecule has 0 radical (unpaired) electrons. The number of hydrogen-bond acceptors (Lipinski definition) is 9. The average molecular weight is 542 g/mol. The van der Waals surface area contributed by atoms with Crippen LogP contribution in [-0.4, -0.2) is 97.8 Å². The standard InChI is InChI=1S/C28H35N3O8/c1-6-39-28(35)23-16(2)21(17(3)29-23)25(32)22-24(19-15-18(36-4)7-8-20(19)37-5)31(27(34)26(22)33)10-9-30-11-13-38-14-12-30/h7-8,15,24,29,32H,6,9-14H2,1-5H3. The molecule has 2 saturated heterocycles. The highest BCUT2D eigenvalue weighted by Crippen LogP contribution is 2.44. The number of carbonyl (C=O) groups excluding carboxylic acids is 3. The first-order valence-corrected chi connectivity index (χ1v) is 12.9. The summed E-state index contributed by atoms with van der Waals surface area (Å²) >= 11 is 0. The second-order valence-electron chi connectivity index (χ2n) is 9.40. The number of ketones is 1. The lowest BCUT2D eigenvalue weighted by Gasteiger charge is -2.31. The molecule has 2 aromatic rings. The minimum absolute atomic E-state index is 0.0888. The molecular formula is C28H35N3O8. The maximum absolute atomic E-state index is 13.6. The monoisotopic (exact) mass is 541 g/mol. The van der Waals surface area contributed by atoms with Crippen molar-refractivity contribution in [2.45, 2.75) is 26.8 Å². The number of aliphatic hydroxyl groups is 1. The SMILES string of the molecule is CCOC(=O)c1[nH]c(C)c(C(O)=C2C(=O)C(=O)N(CCN3CCOCC3)C2c2cc(OC)ccc2OC)c1C. The van der Waals surface area contributed by atoms with Crippen molar-refractivity contribution in [3.8, 4) is 11.5 Å². The number of carbonyl (C=O) groups is 3. The summed E-state index contributed by atoms with van der Waals surface area (Å²) in [6.07, 6.45) is 0. The summed E-state index contributed by atoms with van der Waals surface area (Å²) in [6.45, 7) is 8.61. The second-order valence-corrected chi connectivity index (χ2v) is 9.40. The van der Waals surface area contributed by atoms with Crippen molar-refractivity contribution < 1.29 is 38.4 Å².